The zero-order chi connectivity index (χ0) is 14.0. The van der Waals surface area contributed by atoms with Crippen LogP contribution < -0.4 is 0 Å². The predicted octanol–water partition coefficient (Wildman–Crippen LogP) is 3.52. The molecule has 0 amide bonds. The van der Waals surface area contributed by atoms with Crippen molar-refractivity contribution in [2.75, 3.05) is 0 Å². The molecule has 2 rings (SSSR count). The van der Waals surface area contributed by atoms with E-state index in [-0.39, 0.29) is 22.4 Å². The molecule has 96 valence electrons. The van der Waals surface area contributed by atoms with Crippen LogP contribution in [-0.4, -0.2) is 11.2 Å². The smallest absolute Gasteiger partial charge is 0.278 e. The average molecular weight is 259 g/mol. The van der Waals surface area contributed by atoms with Gasteiger partial charge >= 0.3 is 0 Å². The number of aryl methyl sites for hydroxylation is 1. The van der Waals surface area contributed by atoms with Crippen LogP contribution in [0.2, 0.25) is 0 Å². The lowest BCUT2D eigenvalue weighted by Gasteiger charge is -2.06. The zero-order valence-electron chi connectivity index (χ0n) is 10.1. The summed E-state index contributed by atoms with van der Waals surface area (Å²) in [5, 5.41) is 11.0. The Morgan fingerprint density at radius 3 is 2.42 bits per heavy atom. The Hall–Kier alpha value is -2.56. The van der Waals surface area contributed by atoms with Gasteiger partial charge in [0.2, 0.25) is 0 Å². The Morgan fingerprint density at radius 2 is 1.84 bits per heavy atom. The van der Waals surface area contributed by atoms with Gasteiger partial charge in [-0.25, -0.2) is 4.39 Å². The fraction of sp³-hybridized carbons (Fsp3) is 0.0714. The summed E-state index contributed by atoms with van der Waals surface area (Å²) in [7, 11) is 0. The molecule has 2 aromatic rings. The lowest BCUT2D eigenvalue weighted by Crippen LogP contribution is -1.95. The molecule has 0 fully saturated rings. The van der Waals surface area contributed by atoms with Gasteiger partial charge in [-0.3, -0.25) is 14.9 Å². The first-order valence-electron chi connectivity index (χ1n) is 5.53. The normalized spacial score (nSPS) is 10.2. The van der Waals surface area contributed by atoms with Crippen LogP contribution in [0, 0.1) is 22.9 Å². The molecule has 4 nitrogen and oxygen atoms in total. The van der Waals surface area contributed by atoms with Crippen molar-refractivity contribution >= 4 is 12.0 Å². The van der Waals surface area contributed by atoms with E-state index >= 15 is 0 Å². The first-order valence-corrected chi connectivity index (χ1v) is 5.53. The van der Waals surface area contributed by atoms with Gasteiger partial charge in [-0.15, -0.1) is 0 Å². The lowest BCUT2D eigenvalue weighted by molar-refractivity contribution is -0.384. The van der Waals surface area contributed by atoms with Crippen LogP contribution in [0.1, 0.15) is 15.9 Å². The van der Waals surface area contributed by atoms with Gasteiger partial charge in [0.15, 0.2) is 0 Å². The van der Waals surface area contributed by atoms with Crippen molar-refractivity contribution in [2.24, 2.45) is 0 Å². The van der Waals surface area contributed by atoms with Crippen molar-refractivity contribution in [1.29, 1.82) is 0 Å². The second kappa shape index (κ2) is 4.97. The highest BCUT2D eigenvalue weighted by Crippen LogP contribution is 2.32. The van der Waals surface area contributed by atoms with Gasteiger partial charge in [0.25, 0.3) is 5.69 Å². The van der Waals surface area contributed by atoms with E-state index in [1.165, 1.54) is 24.3 Å². The summed E-state index contributed by atoms with van der Waals surface area (Å²) in [6.45, 7) is 1.73. The monoisotopic (exact) mass is 259 g/mol. The fourth-order valence-electron chi connectivity index (χ4n) is 1.84. The second-order valence-corrected chi connectivity index (χ2v) is 4.13. The van der Waals surface area contributed by atoms with E-state index in [0.717, 1.165) is 11.6 Å². The van der Waals surface area contributed by atoms with Crippen molar-refractivity contribution in [3.05, 3.63) is 63.5 Å². The number of benzene rings is 2. The molecule has 0 unspecified atom stereocenters. The van der Waals surface area contributed by atoms with Crippen molar-refractivity contribution in [3.63, 3.8) is 0 Å². The topological polar surface area (TPSA) is 60.2 Å². The van der Waals surface area contributed by atoms with E-state index in [9.17, 15) is 19.3 Å². The minimum Gasteiger partial charge on any atom is -0.298 e. The number of nitro benzene ring substituents is 1. The van der Waals surface area contributed by atoms with Gasteiger partial charge in [0.05, 0.1) is 10.5 Å². The third-order valence-electron chi connectivity index (χ3n) is 2.77. The van der Waals surface area contributed by atoms with Crippen LogP contribution in [0.3, 0.4) is 0 Å². The number of carbonyl (C=O) groups is 1. The molecule has 5 heteroatoms. The highest BCUT2D eigenvalue weighted by Gasteiger charge is 2.18. The Labute approximate surface area is 108 Å². The summed E-state index contributed by atoms with van der Waals surface area (Å²) in [5.41, 5.74) is 0.937. The molecule has 0 spiro atoms. The van der Waals surface area contributed by atoms with Gasteiger partial charge in [-0.2, -0.15) is 0 Å². The molecular weight excluding hydrogens is 249 g/mol. The zero-order valence-corrected chi connectivity index (χ0v) is 10.1. The molecule has 19 heavy (non-hydrogen) atoms. The molecule has 0 saturated heterocycles. The quantitative estimate of drug-likeness (QED) is 0.481. The molecule has 2 aromatic carbocycles. The number of halogens is 1. The summed E-state index contributed by atoms with van der Waals surface area (Å²) in [4.78, 5) is 21.0. The molecular formula is C14H10FNO3. The van der Waals surface area contributed by atoms with Crippen molar-refractivity contribution in [1.82, 2.24) is 0 Å². The lowest BCUT2D eigenvalue weighted by atomic mass is 10.00. The first kappa shape index (κ1) is 12.9. The second-order valence-electron chi connectivity index (χ2n) is 4.13. The fourth-order valence-corrected chi connectivity index (χ4v) is 1.84. The van der Waals surface area contributed by atoms with E-state index in [0.29, 0.717) is 6.29 Å². The summed E-state index contributed by atoms with van der Waals surface area (Å²) in [6, 6.07) is 8.43. The third kappa shape index (κ3) is 2.49. The molecule has 0 aliphatic rings. The Kier molecular flexibility index (Phi) is 3.37. The van der Waals surface area contributed by atoms with Crippen molar-refractivity contribution in [3.8, 4) is 11.1 Å². The summed E-state index contributed by atoms with van der Waals surface area (Å²) in [5.74, 6) is -0.526. The molecule has 0 heterocycles. The largest absolute Gasteiger partial charge is 0.298 e. The van der Waals surface area contributed by atoms with Crippen molar-refractivity contribution in [2.45, 2.75) is 6.92 Å². The molecule has 0 N–H and O–H groups in total. The summed E-state index contributed by atoms with van der Waals surface area (Å²) in [6.07, 6.45) is 0.516. The van der Waals surface area contributed by atoms with Crippen LogP contribution in [0.4, 0.5) is 10.1 Å². The van der Waals surface area contributed by atoms with E-state index < -0.39 is 10.7 Å². The summed E-state index contributed by atoms with van der Waals surface area (Å²) >= 11 is 0. The van der Waals surface area contributed by atoms with Crippen LogP contribution in [0.25, 0.3) is 11.1 Å². The summed E-state index contributed by atoms with van der Waals surface area (Å²) < 4.78 is 13.9. The highest BCUT2D eigenvalue weighted by atomic mass is 19.1. The number of nitrogens with zero attached hydrogens (tertiary/aromatic N) is 1. The van der Waals surface area contributed by atoms with E-state index in [2.05, 4.69) is 0 Å². The molecule has 0 saturated carbocycles. The SMILES string of the molecule is Cc1ccc(-c2ccc(C=O)cc2[N+](=O)[O-])c(F)c1. The predicted molar refractivity (Wildman–Crippen MR) is 68.6 cm³/mol. The first-order chi connectivity index (χ1) is 9.02. The number of nitro groups is 1. The van der Waals surface area contributed by atoms with Crippen LogP contribution >= 0.6 is 0 Å². The maximum absolute atomic E-state index is 13.9. The number of hydrogen-bond acceptors (Lipinski definition) is 3. The van der Waals surface area contributed by atoms with Crippen LogP contribution in [0.15, 0.2) is 36.4 Å². The van der Waals surface area contributed by atoms with Gasteiger partial charge in [-0.1, -0.05) is 18.2 Å². The molecule has 0 atom stereocenters. The molecule has 0 aromatic heterocycles. The molecule has 0 radical (unpaired) electrons. The average Bonchev–Trinajstić information content (AvgIpc) is 2.38. The van der Waals surface area contributed by atoms with Crippen LogP contribution in [0.5, 0.6) is 0 Å². The molecule has 0 aliphatic heterocycles. The number of rotatable bonds is 3. The minimum atomic E-state index is -0.623. The van der Waals surface area contributed by atoms with Crippen LogP contribution in [-0.2, 0) is 0 Å². The maximum atomic E-state index is 13.9. The van der Waals surface area contributed by atoms with E-state index in [1.807, 2.05) is 0 Å². The maximum Gasteiger partial charge on any atom is 0.278 e. The van der Waals surface area contributed by atoms with Gasteiger partial charge in [0, 0.05) is 17.2 Å². The van der Waals surface area contributed by atoms with E-state index in [4.69, 9.17) is 0 Å². The number of aldehydes is 1. The third-order valence-corrected chi connectivity index (χ3v) is 2.77. The Balaban J connectivity index is 2.67. The van der Waals surface area contributed by atoms with Gasteiger partial charge in [-0.05, 0) is 24.6 Å². The Morgan fingerprint density at radius 1 is 1.16 bits per heavy atom. The Bertz CT molecular complexity index is 668. The van der Waals surface area contributed by atoms with Gasteiger partial charge in [0.1, 0.15) is 12.1 Å². The van der Waals surface area contributed by atoms with Crippen molar-refractivity contribution < 1.29 is 14.1 Å². The molecule has 0 bridgehead atoms. The van der Waals surface area contributed by atoms with E-state index in [1.54, 1.807) is 13.0 Å². The standard InChI is InChI=1S/C14H10FNO3/c1-9-2-4-11(13(15)6-9)12-5-3-10(8-17)7-14(12)16(18)19/h2-8H,1H3. The highest BCUT2D eigenvalue weighted by molar-refractivity contribution is 5.82. The minimum absolute atomic E-state index is 0.148. The number of hydrogen-bond donors (Lipinski definition) is 0. The molecule has 0 aliphatic carbocycles. The number of carbonyl (C=O) groups excluding carboxylic acids is 1. The van der Waals surface area contributed by atoms with Gasteiger partial charge < -0.3 is 0 Å².